The summed E-state index contributed by atoms with van der Waals surface area (Å²) in [4.78, 5) is 0. The van der Waals surface area contributed by atoms with Gasteiger partial charge in [-0.3, -0.25) is 0 Å². The van der Waals surface area contributed by atoms with Crippen LogP contribution in [-0.4, -0.2) is 28.4 Å². The maximum absolute atomic E-state index is 5.62. The van der Waals surface area contributed by atoms with E-state index in [9.17, 15) is 0 Å². The van der Waals surface area contributed by atoms with Gasteiger partial charge in [0.2, 0.25) is 0 Å². The maximum atomic E-state index is 5.62. The van der Waals surface area contributed by atoms with E-state index in [1.165, 1.54) is 0 Å². The second-order valence-electron chi connectivity index (χ2n) is 9.46. The van der Waals surface area contributed by atoms with E-state index in [-0.39, 0.29) is 0 Å². The zero-order valence-electron chi connectivity index (χ0n) is 23.4. The standard InChI is InChI=1S/C32H36N4O4/c1-37-29-13-23-19-33-25-11-7-5-10-22(25)18-36-28-16-32(40-4)30(38-2)14-24(28)20-34-26-12-8-6-9-21(26)17-35-27(23)15-31(29)39-3/h5-16,33-36H,17-20H2,1-4H3. The first-order valence-electron chi connectivity index (χ1n) is 13.2. The van der Waals surface area contributed by atoms with Crippen molar-refractivity contribution in [1.82, 2.24) is 0 Å². The van der Waals surface area contributed by atoms with E-state index in [0.29, 0.717) is 49.2 Å². The predicted octanol–water partition coefficient (Wildman–Crippen LogP) is 6.48. The molecule has 0 saturated heterocycles. The lowest BCUT2D eigenvalue weighted by molar-refractivity contribution is 0.355. The van der Waals surface area contributed by atoms with Crippen LogP contribution in [0.5, 0.6) is 23.0 Å². The second-order valence-corrected chi connectivity index (χ2v) is 9.46. The molecule has 0 radical (unpaired) electrons. The zero-order chi connectivity index (χ0) is 27.9. The van der Waals surface area contributed by atoms with Crippen LogP contribution in [0.4, 0.5) is 22.7 Å². The Balaban J connectivity index is 1.57. The van der Waals surface area contributed by atoms with Gasteiger partial charge in [0.15, 0.2) is 23.0 Å². The summed E-state index contributed by atoms with van der Waals surface area (Å²) in [5, 5.41) is 14.6. The van der Waals surface area contributed by atoms with Gasteiger partial charge in [-0.2, -0.15) is 0 Å². The molecule has 208 valence electrons. The molecule has 5 rings (SSSR count). The number of rotatable bonds is 4. The molecule has 8 heteroatoms. The highest BCUT2D eigenvalue weighted by atomic mass is 16.5. The fraction of sp³-hybridized carbons (Fsp3) is 0.250. The monoisotopic (exact) mass is 540 g/mol. The minimum Gasteiger partial charge on any atom is -0.493 e. The summed E-state index contributed by atoms with van der Waals surface area (Å²) >= 11 is 0. The molecule has 40 heavy (non-hydrogen) atoms. The number of fused-ring (bicyclic) bond motifs is 4. The Morgan fingerprint density at radius 1 is 0.400 bits per heavy atom. The summed E-state index contributed by atoms with van der Waals surface area (Å²) < 4.78 is 22.5. The number of para-hydroxylation sites is 2. The Kier molecular flexibility index (Phi) is 8.35. The number of methoxy groups -OCH3 is 4. The first kappa shape index (κ1) is 26.9. The summed E-state index contributed by atoms with van der Waals surface area (Å²) in [5.74, 6) is 2.75. The van der Waals surface area contributed by atoms with Gasteiger partial charge in [-0.25, -0.2) is 0 Å². The molecule has 0 amide bonds. The van der Waals surface area contributed by atoms with Crippen LogP contribution in [0.1, 0.15) is 22.3 Å². The third-order valence-electron chi connectivity index (χ3n) is 7.13. The first-order valence-corrected chi connectivity index (χ1v) is 13.2. The molecule has 0 fully saturated rings. The molecule has 0 atom stereocenters. The lowest BCUT2D eigenvalue weighted by atomic mass is 10.1. The molecule has 0 spiro atoms. The molecule has 4 aromatic carbocycles. The van der Waals surface area contributed by atoms with E-state index in [2.05, 4.69) is 57.7 Å². The summed E-state index contributed by atoms with van der Waals surface area (Å²) in [5.41, 5.74) is 8.48. The van der Waals surface area contributed by atoms with Crippen LogP contribution in [0, 0.1) is 0 Å². The van der Waals surface area contributed by atoms with Gasteiger partial charge in [0.25, 0.3) is 0 Å². The Hall–Kier alpha value is -4.72. The fourth-order valence-electron chi connectivity index (χ4n) is 4.92. The molecule has 4 N–H and O–H groups in total. The summed E-state index contributed by atoms with van der Waals surface area (Å²) in [6, 6.07) is 24.7. The quantitative estimate of drug-likeness (QED) is 0.234. The Morgan fingerprint density at radius 3 is 1.12 bits per heavy atom. The molecule has 0 aromatic heterocycles. The minimum absolute atomic E-state index is 0.598. The van der Waals surface area contributed by atoms with E-state index in [1.807, 2.05) is 36.4 Å². The number of hydrogen-bond acceptors (Lipinski definition) is 8. The van der Waals surface area contributed by atoms with Crippen LogP contribution in [0.15, 0.2) is 72.8 Å². The highest BCUT2D eigenvalue weighted by molar-refractivity contribution is 5.66. The summed E-state index contributed by atoms with van der Waals surface area (Å²) in [6.45, 7) is 2.45. The molecular formula is C32H36N4O4. The largest absolute Gasteiger partial charge is 0.493 e. The topological polar surface area (TPSA) is 85.0 Å². The van der Waals surface area contributed by atoms with Crippen molar-refractivity contribution in [3.05, 3.63) is 95.1 Å². The highest BCUT2D eigenvalue weighted by Crippen LogP contribution is 2.36. The number of anilines is 4. The molecule has 0 saturated carbocycles. The lowest BCUT2D eigenvalue weighted by Gasteiger charge is -2.21. The van der Waals surface area contributed by atoms with Crippen molar-refractivity contribution in [3.8, 4) is 23.0 Å². The van der Waals surface area contributed by atoms with Gasteiger partial charge in [0, 0.05) is 61.1 Å². The third kappa shape index (κ3) is 5.81. The maximum Gasteiger partial charge on any atom is 0.162 e. The molecular weight excluding hydrogens is 504 g/mol. The van der Waals surface area contributed by atoms with Crippen molar-refractivity contribution in [2.24, 2.45) is 0 Å². The smallest absolute Gasteiger partial charge is 0.162 e. The van der Waals surface area contributed by atoms with E-state index in [1.54, 1.807) is 28.4 Å². The fourth-order valence-corrected chi connectivity index (χ4v) is 4.92. The van der Waals surface area contributed by atoms with Crippen molar-refractivity contribution >= 4 is 22.7 Å². The van der Waals surface area contributed by atoms with Crippen molar-refractivity contribution in [2.45, 2.75) is 26.2 Å². The minimum atomic E-state index is 0.598. The molecule has 0 bridgehead atoms. The lowest BCUT2D eigenvalue weighted by Crippen LogP contribution is -2.12. The molecule has 1 heterocycles. The highest BCUT2D eigenvalue weighted by Gasteiger charge is 2.15. The third-order valence-corrected chi connectivity index (χ3v) is 7.13. The van der Waals surface area contributed by atoms with Gasteiger partial charge < -0.3 is 40.2 Å². The molecule has 0 aliphatic carbocycles. The Morgan fingerprint density at radius 2 is 0.725 bits per heavy atom. The van der Waals surface area contributed by atoms with Gasteiger partial charge in [-0.1, -0.05) is 36.4 Å². The van der Waals surface area contributed by atoms with Crippen molar-refractivity contribution in [2.75, 3.05) is 49.7 Å². The van der Waals surface area contributed by atoms with Crippen LogP contribution in [-0.2, 0) is 26.2 Å². The van der Waals surface area contributed by atoms with Crippen LogP contribution < -0.4 is 40.2 Å². The zero-order valence-corrected chi connectivity index (χ0v) is 23.4. The Labute approximate surface area is 235 Å². The first-order chi connectivity index (χ1) is 19.6. The molecule has 0 unspecified atom stereocenters. The summed E-state index contributed by atoms with van der Waals surface area (Å²) in [7, 11) is 6.63. The molecule has 4 aromatic rings. The van der Waals surface area contributed by atoms with Crippen molar-refractivity contribution in [1.29, 1.82) is 0 Å². The van der Waals surface area contributed by atoms with Crippen LogP contribution >= 0.6 is 0 Å². The summed E-state index contributed by atoms with van der Waals surface area (Å²) in [6.07, 6.45) is 0. The average Bonchev–Trinajstić information content (AvgIpc) is 3.00. The molecule has 8 nitrogen and oxygen atoms in total. The van der Waals surface area contributed by atoms with Gasteiger partial charge in [0.1, 0.15) is 0 Å². The second kappa shape index (κ2) is 12.4. The van der Waals surface area contributed by atoms with Crippen LogP contribution in [0.3, 0.4) is 0 Å². The van der Waals surface area contributed by atoms with Gasteiger partial charge in [-0.05, 0) is 46.5 Å². The van der Waals surface area contributed by atoms with Crippen molar-refractivity contribution < 1.29 is 18.9 Å². The van der Waals surface area contributed by atoms with E-state index >= 15 is 0 Å². The van der Waals surface area contributed by atoms with Gasteiger partial charge in [0.05, 0.1) is 28.4 Å². The van der Waals surface area contributed by atoms with E-state index in [4.69, 9.17) is 18.9 Å². The SMILES string of the molecule is COc1cc2c(cc1OC)NCc1ccccc1NCc1cc(OC)c(OC)cc1NCc1ccccc1NC2. The van der Waals surface area contributed by atoms with Gasteiger partial charge in [-0.15, -0.1) is 0 Å². The normalized spacial score (nSPS) is 12.9. The van der Waals surface area contributed by atoms with Crippen LogP contribution in [0.25, 0.3) is 0 Å². The average molecular weight is 541 g/mol. The molecule has 1 aliphatic rings. The van der Waals surface area contributed by atoms with Crippen LogP contribution in [0.2, 0.25) is 0 Å². The predicted molar refractivity (Wildman–Crippen MR) is 161 cm³/mol. The van der Waals surface area contributed by atoms with E-state index < -0.39 is 0 Å². The molecule has 1 aliphatic heterocycles. The van der Waals surface area contributed by atoms with Crippen molar-refractivity contribution in [3.63, 3.8) is 0 Å². The van der Waals surface area contributed by atoms with E-state index in [0.717, 1.165) is 45.0 Å². The Bertz CT molecular complexity index is 1250. The number of benzene rings is 4. The number of ether oxygens (including phenoxy) is 4. The number of hydrogen-bond donors (Lipinski definition) is 4. The van der Waals surface area contributed by atoms with Gasteiger partial charge >= 0.3 is 0 Å². The number of nitrogens with one attached hydrogen (secondary N) is 4.